The van der Waals surface area contributed by atoms with Crippen LogP contribution in [0.1, 0.15) is 51.3 Å². The topological polar surface area (TPSA) is 32.8 Å². The first-order valence-corrected chi connectivity index (χ1v) is 10.4. The van der Waals surface area contributed by atoms with Gasteiger partial charge in [-0.2, -0.15) is 0 Å². The van der Waals surface area contributed by atoms with Crippen molar-refractivity contribution >= 4 is 5.78 Å². The van der Waals surface area contributed by atoms with Crippen LogP contribution in [-0.4, -0.2) is 48.4 Å². The second-order valence-corrected chi connectivity index (χ2v) is 8.74. The predicted molar refractivity (Wildman–Crippen MR) is 108 cm³/mol. The van der Waals surface area contributed by atoms with E-state index >= 15 is 0 Å². The Hall–Kier alpha value is -1.65. The monoisotopic (exact) mass is 368 g/mol. The van der Waals surface area contributed by atoms with E-state index in [9.17, 15) is 4.79 Å². The van der Waals surface area contributed by atoms with Crippen LogP contribution in [0.4, 0.5) is 0 Å². The summed E-state index contributed by atoms with van der Waals surface area (Å²) in [5, 5.41) is 0. The molecule has 146 valence electrons. The number of rotatable bonds is 8. The Bertz CT molecular complexity index is 668. The van der Waals surface area contributed by atoms with E-state index in [0.717, 1.165) is 57.6 Å². The minimum atomic E-state index is -0.149. The molecule has 4 heteroatoms. The largest absolute Gasteiger partial charge is 0.490 e. The van der Waals surface area contributed by atoms with Gasteiger partial charge in [-0.3, -0.25) is 14.6 Å². The number of carbonyl (C=O) groups excluding carboxylic acids is 1. The molecule has 1 aromatic rings. The van der Waals surface area contributed by atoms with Gasteiger partial charge in [0.25, 0.3) is 0 Å². The molecule has 0 saturated carbocycles. The molecule has 0 N–H and O–H groups in total. The van der Waals surface area contributed by atoms with E-state index in [1.54, 1.807) is 6.08 Å². The molecule has 4 saturated heterocycles. The van der Waals surface area contributed by atoms with E-state index in [2.05, 4.69) is 54.5 Å². The lowest BCUT2D eigenvalue weighted by Gasteiger charge is -2.66. The van der Waals surface area contributed by atoms with Gasteiger partial charge in [0.15, 0.2) is 0 Å². The number of hydrogen-bond donors (Lipinski definition) is 0. The molecule has 4 aliphatic heterocycles. The van der Waals surface area contributed by atoms with Gasteiger partial charge >= 0.3 is 0 Å². The van der Waals surface area contributed by atoms with Crippen molar-refractivity contribution in [3.8, 4) is 5.75 Å². The lowest BCUT2D eigenvalue weighted by Crippen LogP contribution is -2.76. The molecule has 4 bridgehead atoms. The SMILES string of the molecule is C=CCOc1ccc(C2N3CC4(CCC)CN2CC(CCC)(C3)C4=O)cc1. The summed E-state index contributed by atoms with van der Waals surface area (Å²) in [6.07, 6.45) is 6.25. The molecule has 0 unspecified atom stereocenters. The van der Waals surface area contributed by atoms with Crippen LogP contribution in [0, 0.1) is 10.8 Å². The standard InChI is InChI=1S/C23H32N2O2/c1-4-11-22-14-24-16-23(12-5-2,21(22)26)17-25(15-22)20(24)18-7-9-19(10-8-18)27-13-6-3/h6-10,20H,3-5,11-17H2,1-2H3. The lowest BCUT2D eigenvalue weighted by atomic mass is 9.57. The molecule has 5 rings (SSSR count). The fourth-order valence-corrected chi connectivity index (χ4v) is 6.01. The van der Waals surface area contributed by atoms with Gasteiger partial charge in [-0.15, -0.1) is 0 Å². The quantitative estimate of drug-likeness (QED) is 0.649. The van der Waals surface area contributed by atoms with E-state index in [1.807, 2.05) is 0 Å². The van der Waals surface area contributed by atoms with Gasteiger partial charge in [-0.05, 0) is 30.5 Å². The minimum absolute atomic E-state index is 0.149. The summed E-state index contributed by atoms with van der Waals surface area (Å²) >= 11 is 0. The third-order valence-corrected chi connectivity index (χ3v) is 6.68. The maximum atomic E-state index is 13.5. The lowest BCUT2D eigenvalue weighted by molar-refractivity contribution is -0.205. The fourth-order valence-electron chi connectivity index (χ4n) is 6.01. The molecule has 1 aromatic carbocycles. The number of ether oxygens (including phenoxy) is 1. The van der Waals surface area contributed by atoms with Gasteiger partial charge < -0.3 is 4.74 Å². The van der Waals surface area contributed by atoms with Gasteiger partial charge in [0.05, 0.1) is 17.0 Å². The highest BCUT2D eigenvalue weighted by Crippen LogP contribution is 2.55. The van der Waals surface area contributed by atoms with E-state index in [4.69, 9.17) is 4.74 Å². The zero-order valence-electron chi connectivity index (χ0n) is 16.7. The van der Waals surface area contributed by atoms with Crippen molar-refractivity contribution in [3.05, 3.63) is 42.5 Å². The molecule has 0 spiro atoms. The Balaban J connectivity index is 1.62. The number of hydrogen-bond acceptors (Lipinski definition) is 4. The molecule has 4 aliphatic rings. The highest BCUT2D eigenvalue weighted by molar-refractivity contribution is 5.93. The highest BCUT2D eigenvalue weighted by atomic mass is 16.5. The van der Waals surface area contributed by atoms with Crippen molar-refractivity contribution in [1.29, 1.82) is 0 Å². The Morgan fingerprint density at radius 1 is 1.04 bits per heavy atom. The maximum absolute atomic E-state index is 13.5. The smallest absolute Gasteiger partial charge is 0.150 e. The van der Waals surface area contributed by atoms with E-state index in [1.165, 1.54) is 5.56 Å². The zero-order chi connectivity index (χ0) is 19.1. The summed E-state index contributed by atoms with van der Waals surface area (Å²) in [5.74, 6) is 1.45. The summed E-state index contributed by atoms with van der Waals surface area (Å²) < 4.78 is 5.64. The highest BCUT2D eigenvalue weighted by Gasteiger charge is 2.64. The Morgan fingerprint density at radius 2 is 1.56 bits per heavy atom. The number of carbonyl (C=O) groups is 1. The first kappa shape index (κ1) is 18.7. The minimum Gasteiger partial charge on any atom is -0.490 e. The van der Waals surface area contributed by atoms with Crippen molar-refractivity contribution in [3.63, 3.8) is 0 Å². The molecule has 27 heavy (non-hydrogen) atoms. The van der Waals surface area contributed by atoms with Crippen molar-refractivity contribution in [2.75, 3.05) is 32.8 Å². The van der Waals surface area contributed by atoms with E-state index < -0.39 is 0 Å². The first-order valence-electron chi connectivity index (χ1n) is 10.4. The van der Waals surface area contributed by atoms with Gasteiger partial charge in [-0.25, -0.2) is 0 Å². The predicted octanol–water partition coefficient (Wildman–Crippen LogP) is 4.04. The second kappa shape index (κ2) is 7.06. The molecule has 4 nitrogen and oxygen atoms in total. The van der Waals surface area contributed by atoms with Crippen molar-refractivity contribution in [1.82, 2.24) is 9.80 Å². The summed E-state index contributed by atoms with van der Waals surface area (Å²) in [5.41, 5.74) is 1.01. The summed E-state index contributed by atoms with van der Waals surface area (Å²) in [6.45, 7) is 12.3. The van der Waals surface area contributed by atoms with Crippen LogP contribution in [0.2, 0.25) is 0 Å². The average molecular weight is 369 g/mol. The number of Topliss-reactive ketones (excluding diaryl/α,β-unsaturated/α-hetero) is 1. The maximum Gasteiger partial charge on any atom is 0.150 e. The Labute approximate surface area is 163 Å². The number of nitrogens with zero attached hydrogens (tertiary/aromatic N) is 2. The second-order valence-electron chi connectivity index (χ2n) is 8.74. The molecule has 0 aliphatic carbocycles. The first-order chi connectivity index (χ1) is 13.1. The van der Waals surface area contributed by atoms with Crippen LogP contribution >= 0.6 is 0 Å². The van der Waals surface area contributed by atoms with Crippen LogP contribution in [0.3, 0.4) is 0 Å². The van der Waals surface area contributed by atoms with Crippen molar-refractivity contribution < 1.29 is 9.53 Å². The van der Waals surface area contributed by atoms with Gasteiger partial charge in [-0.1, -0.05) is 51.5 Å². The molecular weight excluding hydrogens is 336 g/mol. The van der Waals surface area contributed by atoms with E-state index in [-0.39, 0.29) is 10.8 Å². The summed E-state index contributed by atoms with van der Waals surface area (Å²) in [4.78, 5) is 18.7. The van der Waals surface area contributed by atoms with Gasteiger partial charge in [0, 0.05) is 26.2 Å². The molecule has 0 aromatic heterocycles. The van der Waals surface area contributed by atoms with E-state index in [0.29, 0.717) is 18.6 Å². The van der Waals surface area contributed by atoms with Crippen LogP contribution in [0.15, 0.2) is 36.9 Å². The van der Waals surface area contributed by atoms with Gasteiger partial charge in [0.2, 0.25) is 0 Å². The molecular formula is C23H32N2O2. The van der Waals surface area contributed by atoms with Crippen LogP contribution < -0.4 is 4.74 Å². The molecule has 0 radical (unpaired) electrons. The molecule has 4 fully saturated rings. The Kier molecular flexibility index (Phi) is 4.89. The van der Waals surface area contributed by atoms with Gasteiger partial charge in [0.1, 0.15) is 18.1 Å². The van der Waals surface area contributed by atoms with Crippen LogP contribution in [-0.2, 0) is 4.79 Å². The zero-order valence-corrected chi connectivity index (χ0v) is 16.7. The number of benzene rings is 1. The normalized spacial score (nSPS) is 36.8. The third-order valence-electron chi connectivity index (χ3n) is 6.68. The summed E-state index contributed by atoms with van der Waals surface area (Å²) in [7, 11) is 0. The van der Waals surface area contributed by atoms with Crippen LogP contribution in [0.25, 0.3) is 0 Å². The molecule has 4 heterocycles. The number of piperidine rings is 2. The third kappa shape index (κ3) is 2.94. The van der Waals surface area contributed by atoms with Crippen molar-refractivity contribution in [2.24, 2.45) is 10.8 Å². The number of ketones is 1. The van der Waals surface area contributed by atoms with Crippen molar-refractivity contribution in [2.45, 2.75) is 45.7 Å². The molecule has 0 atom stereocenters. The summed E-state index contributed by atoms with van der Waals surface area (Å²) in [6, 6.07) is 8.49. The average Bonchev–Trinajstić information content (AvgIpc) is 2.65. The van der Waals surface area contributed by atoms with Crippen LogP contribution in [0.5, 0.6) is 5.75 Å². The fraction of sp³-hybridized carbons (Fsp3) is 0.609. The molecule has 0 amide bonds. The Morgan fingerprint density at radius 3 is 2.00 bits per heavy atom.